The molecule has 1 aliphatic heterocycles. The van der Waals surface area contributed by atoms with Gasteiger partial charge in [-0.25, -0.2) is 0 Å². The average Bonchev–Trinajstić information content (AvgIpc) is 2.17. The van der Waals surface area contributed by atoms with Gasteiger partial charge in [0, 0.05) is 19.5 Å². The molecule has 0 spiro atoms. The van der Waals surface area contributed by atoms with E-state index in [0.29, 0.717) is 32.7 Å². The predicted molar refractivity (Wildman–Crippen MR) is 50.3 cm³/mol. The zero-order valence-corrected chi connectivity index (χ0v) is 8.38. The monoisotopic (exact) mass is 186 g/mol. The zero-order chi connectivity index (χ0) is 9.90. The number of nitrogens with two attached hydrogens (primary N) is 1. The van der Waals surface area contributed by atoms with Gasteiger partial charge in [0.05, 0.1) is 18.8 Å². The molecule has 4 nitrogen and oxygen atoms in total. The minimum absolute atomic E-state index is 0.183. The maximum Gasteiger partial charge on any atom is 0.222 e. The Kier molecular flexibility index (Phi) is 3.27. The van der Waals surface area contributed by atoms with Crippen molar-refractivity contribution < 1.29 is 9.53 Å². The molecule has 1 unspecified atom stereocenters. The zero-order valence-electron chi connectivity index (χ0n) is 8.38. The first-order chi connectivity index (χ1) is 6.11. The second kappa shape index (κ2) is 4.07. The van der Waals surface area contributed by atoms with Gasteiger partial charge in [-0.1, -0.05) is 6.92 Å². The minimum atomic E-state index is -0.344. The highest BCUT2D eigenvalue weighted by atomic mass is 16.5. The van der Waals surface area contributed by atoms with Crippen LogP contribution in [0.4, 0.5) is 0 Å². The van der Waals surface area contributed by atoms with Crippen molar-refractivity contribution in [2.24, 2.45) is 5.73 Å². The van der Waals surface area contributed by atoms with Crippen LogP contribution in [0.3, 0.4) is 0 Å². The molecule has 1 atom stereocenters. The molecule has 1 saturated heterocycles. The second-order valence-electron chi connectivity index (χ2n) is 3.67. The molecule has 0 aliphatic carbocycles. The Hall–Kier alpha value is -0.610. The summed E-state index contributed by atoms with van der Waals surface area (Å²) in [6.07, 6.45) is 0.556. The van der Waals surface area contributed by atoms with Crippen molar-refractivity contribution in [2.75, 3.05) is 26.2 Å². The SMILES string of the molecule is CCC(=O)N1CCOC(C)(CN)C1. The van der Waals surface area contributed by atoms with Crippen molar-refractivity contribution >= 4 is 5.91 Å². The Labute approximate surface area is 79.0 Å². The maximum absolute atomic E-state index is 11.4. The van der Waals surface area contributed by atoms with E-state index in [-0.39, 0.29) is 11.5 Å². The minimum Gasteiger partial charge on any atom is -0.370 e. The number of carbonyl (C=O) groups is 1. The summed E-state index contributed by atoms with van der Waals surface area (Å²) in [5.41, 5.74) is 5.23. The first-order valence-corrected chi connectivity index (χ1v) is 4.73. The van der Waals surface area contributed by atoms with E-state index in [2.05, 4.69) is 0 Å². The van der Waals surface area contributed by atoms with E-state index in [9.17, 15) is 4.79 Å². The van der Waals surface area contributed by atoms with Crippen LogP contribution in [0, 0.1) is 0 Å². The first-order valence-electron chi connectivity index (χ1n) is 4.73. The summed E-state index contributed by atoms with van der Waals surface area (Å²) in [6, 6.07) is 0. The first kappa shape index (κ1) is 10.5. The molecule has 1 aliphatic rings. The molecule has 0 radical (unpaired) electrons. The number of amides is 1. The summed E-state index contributed by atoms with van der Waals surface area (Å²) >= 11 is 0. The van der Waals surface area contributed by atoms with E-state index < -0.39 is 0 Å². The number of rotatable bonds is 2. The van der Waals surface area contributed by atoms with Gasteiger partial charge < -0.3 is 15.4 Å². The topological polar surface area (TPSA) is 55.6 Å². The van der Waals surface area contributed by atoms with Crippen molar-refractivity contribution in [3.63, 3.8) is 0 Å². The lowest BCUT2D eigenvalue weighted by Gasteiger charge is -2.39. The van der Waals surface area contributed by atoms with E-state index in [0.717, 1.165) is 0 Å². The number of ether oxygens (including phenoxy) is 1. The fraction of sp³-hybridized carbons (Fsp3) is 0.889. The van der Waals surface area contributed by atoms with Crippen LogP contribution in [-0.2, 0) is 9.53 Å². The smallest absolute Gasteiger partial charge is 0.222 e. The molecule has 2 N–H and O–H groups in total. The van der Waals surface area contributed by atoms with Gasteiger partial charge in [-0.3, -0.25) is 4.79 Å². The summed E-state index contributed by atoms with van der Waals surface area (Å²) < 4.78 is 5.52. The molecule has 1 amide bonds. The Morgan fingerprint density at radius 2 is 2.38 bits per heavy atom. The molecule has 0 aromatic rings. The van der Waals surface area contributed by atoms with Crippen LogP contribution in [0.25, 0.3) is 0 Å². The summed E-state index contributed by atoms with van der Waals surface area (Å²) in [7, 11) is 0. The quantitative estimate of drug-likeness (QED) is 0.659. The van der Waals surface area contributed by atoms with E-state index in [4.69, 9.17) is 10.5 Å². The molecule has 0 aromatic heterocycles. The summed E-state index contributed by atoms with van der Waals surface area (Å²) in [6.45, 7) is 6.19. The van der Waals surface area contributed by atoms with E-state index in [1.807, 2.05) is 18.7 Å². The van der Waals surface area contributed by atoms with Crippen molar-refractivity contribution in [1.82, 2.24) is 4.90 Å². The maximum atomic E-state index is 11.4. The van der Waals surface area contributed by atoms with Crippen molar-refractivity contribution in [3.8, 4) is 0 Å². The highest BCUT2D eigenvalue weighted by Crippen LogP contribution is 2.16. The van der Waals surface area contributed by atoms with Crippen LogP contribution in [0.1, 0.15) is 20.3 Å². The molecular formula is C9H18N2O2. The predicted octanol–water partition coefficient (Wildman–Crippen LogP) is -0.0274. The van der Waals surface area contributed by atoms with Crippen LogP contribution in [0.15, 0.2) is 0 Å². The third kappa shape index (κ3) is 2.42. The van der Waals surface area contributed by atoms with Gasteiger partial charge >= 0.3 is 0 Å². The van der Waals surface area contributed by atoms with E-state index >= 15 is 0 Å². The van der Waals surface area contributed by atoms with Crippen molar-refractivity contribution in [2.45, 2.75) is 25.9 Å². The largest absolute Gasteiger partial charge is 0.370 e. The molecule has 0 saturated carbocycles. The number of morpholine rings is 1. The molecule has 4 heteroatoms. The van der Waals surface area contributed by atoms with Crippen molar-refractivity contribution in [1.29, 1.82) is 0 Å². The fourth-order valence-electron chi connectivity index (χ4n) is 1.49. The van der Waals surface area contributed by atoms with E-state index in [1.54, 1.807) is 0 Å². The van der Waals surface area contributed by atoms with Gasteiger partial charge in [-0.05, 0) is 6.92 Å². The van der Waals surface area contributed by atoms with Crippen LogP contribution in [0.5, 0.6) is 0 Å². The molecule has 76 valence electrons. The molecule has 0 aromatic carbocycles. The van der Waals surface area contributed by atoms with Crippen LogP contribution in [-0.4, -0.2) is 42.6 Å². The molecule has 1 rings (SSSR count). The van der Waals surface area contributed by atoms with Gasteiger partial charge in [-0.15, -0.1) is 0 Å². The highest BCUT2D eigenvalue weighted by molar-refractivity contribution is 5.76. The third-order valence-corrected chi connectivity index (χ3v) is 2.42. The Balaban J connectivity index is 2.56. The summed E-state index contributed by atoms with van der Waals surface area (Å²) in [5, 5.41) is 0. The number of carbonyl (C=O) groups excluding carboxylic acids is 1. The summed E-state index contributed by atoms with van der Waals surface area (Å²) in [4.78, 5) is 13.2. The molecule has 13 heavy (non-hydrogen) atoms. The second-order valence-corrected chi connectivity index (χ2v) is 3.67. The average molecular weight is 186 g/mol. The lowest BCUT2D eigenvalue weighted by Crippen LogP contribution is -2.55. The van der Waals surface area contributed by atoms with Gasteiger partial charge in [-0.2, -0.15) is 0 Å². The lowest BCUT2D eigenvalue weighted by molar-refractivity contribution is -0.146. The summed E-state index contributed by atoms with van der Waals surface area (Å²) in [5.74, 6) is 0.183. The van der Waals surface area contributed by atoms with Crippen LogP contribution < -0.4 is 5.73 Å². The van der Waals surface area contributed by atoms with Gasteiger partial charge in [0.15, 0.2) is 0 Å². The Bertz CT molecular complexity index is 196. The normalized spacial score (nSPS) is 29.0. The lowest BCUT2D eigenvalue weighted by atomic mass is 10.0. The fourth-order valence-corrected chi connectivity index (χ4v) is 1.49. The third-order valence-electron chi connectivity index (χ3n) is 2.42. The standard InChI is InChI=1S/C9H18N2O2/c1-3-8(12)11-4-5-13-9(2,6-10)7-11/h3-7,10H2,1-2H3. The number of hydrogen-bond acceptors (Lipinski definition) is 3. The van der Waals surface area contributed by atoms with Crippen molar-refractivity contribution in [3.05, 3.63) is 0 Å². The molecule has 1 heterocycles. The van der Waals surface area contributed by atoms with E-state index in [1.165, 1.54) is 0 Å². The Morgan fingerprint density at radius 1 is 1.69 bits per heavy atom. The van der Waals surface area contributed by atoms with Crippen LogP contribution in [0.2, 0.25) is 0 Å². The molecular weight excluding hydrogens is 168 g/mol. The Morgan fingerprint density at radius 3 is 2.92 bits per heavy atom. The molecule has 0 bridgehead atoms. The number of hydrogen-bond donors (Lipinski definition) is 1. The number of nitrogens with zero attached hydrogens (tertiary/aromatic N) is 1. The van der Waals surface area contributed by atoms with Gasteiger partial charge in [0.1, 0.15) is 0 Å². The van der Waals surface area contributed by atoms with Gasteiger partial charge in [0.25, 0.3) is 0 Å². The molecule has 1 fully saturated rings. The van der Waals surface area contributed by atoms with Crippen LogP contribution >= 0.6 is 0 Å². The highest BCUT2D eigenvalue weighted by Gasteiger charge is 2.32. The van der Waals surface area contributed by atoms with Gasteiger partial charge in [0.2, 0.25) is 5.91 Å².